The maximum absolute atomic E-state index is 12.8. The molecule has 1 N–H and O–H groups in total. The van der Waals surface area contributed by atoms with Gasteiger partial charge in [-0.05, 0) is 43.3 Å². The van der Waals surface area contributed by atoms with E-state index in [-0.39, 0.29) is 18.3 Å². The van der Waals surface area contributed by atoms with Crippen LogP contribution in [0.15, 0.2) is 36.4 Å². The Balaban J connectivity index is 0.00000169. The van der Waals surface area contributed by atoms with Gasteiger partial charge in [0.15, 0.2) is 0 Å². The number of amides is 1. The summed E-state index contributed by atoms with van der Waals surface area (Å²) in [6.45, 7) is 0. The molecule has 2 saturated heterocycles. The van der Waals surface area contributed by atoms with Crippen LogP contribution in [0, 0.1) is 0 Å². The van der Waals surface area contributed by atoms with Gasteiger partial charge in [-0.25, -0.2) is 0 Å². The van der Waals surface area contributed by atoms with Crippen LogP contribution in [0.1, 0.15) is 35.4 Å². The molecule has 0 radical (unpaired) electrons. The predicted molar refractivity (Wildman–Crippen MR) is 99.9 cm³/mol. The fourth-order valence-electron chi connectivity index (χ4n) is 3.80. The average Bonchev–Trinajstić information content (AvgIpc) is 3.21. The highest BCUT2D eigenvalue weighted by atomic mass is 35.5. The van der Waals surface area contributed by atoms with Crippen LogP contribution in [-0.4, -0.2) is 40.4 Å². The third-order valence-corrected chi connectivity index (χ3v) is 5.88. The maximum atomic E-state index is 12.8. The monoisotopic (exact) mass is 363 g/mol. The zero-order valence-electron chi connectivity index (χ0n) is 13.6. The van der Waals surface area contributed by atoms with Gasteiger partial charge in [-0.1, -0.05) is 30.3 Å². The third-order valence-electron chi connectivity index (χ3n) is 5.11. The lowest BCUT2D eigenvalue weighted by Crippen LogP contribution is -2.48. The van der Waals surface area contributed by atoms with Gasteiger partial charge in [-0.2, -0.15) is 4.37 Å². The van der Waals surface area contributed by atoms with Crippen LogP contribution >= 0.6 is 23.9 Å². The number of nitrogens with zero attached hydrogens (tertiary/aromatic N) is 2. The van der Waals surface area contributed by atoms with Gasteiger partial charge in [0.2, 0.25) is 0 Å². The fourth-order valence-corrected chi connectivity index (χ4v) is 4.55. The van der Waals surface area contributed by atoms with Crippen LogP contribution in [0.25, 0.3) is 11.3 Å². The molecule has 2 unspecified atom stereocenters. The van der Waals surface area contributed by atoms with Crippen LogP contribution in [0.4, 0.5) is 0 Å². The first-order valence-electron chi connectivity index (χ1n) is 8.26. The predicted octanol–water partition coefficient (Wildman–Crippen LogP) is 3.59. The lowest BCUT2D eigenvalue weighted by Gasteiger charge is -2.35. The molecule has 3 heterocycles. The Hall–Kier alpha value is -1.43. The molecule has 4 nitrogen and oxygen atoms in total. The second kappa shape index (κ2) is 7.21. The topological polar surface area (TPSA) is 45.2 Å². The number of nitrogens with one attached hydrogen (secondary N) is 1. The summed E-state index contributed by atoms with van der Waals surface area (Å²) in [6, 6.07) is 13.5. The standard InChI is InChI=1S/C18H21N3OS.ClH/c1-21(15-9-13-7-8-14(10-15)19-13)18(22)17-11-16(20-23-17)12-5-3-2-4-6-12;/h2-6,11,13-15,19H,7-10H2,1H3;1H. The fraction of sp³-hybridized carbons (Fsp3) is 0.444. The van der Waals surface area contributed by atoms with E-state index in [1.54, 1.807) is 0 Å². The highest BCUT2D eigenvalue weighted by Crippen LogP contribution is 2.30. The molecule has 0 aliphatic carbocycles. The smallest absolute Gasteiger partial charge is 0.265 e. The van der Waals surface area contributed by atoms with E-state index in [0.717, 1.165) is 29.0 Å². The highest BCUT2D eigenvalue weighted by Gasteiger charge is 2.36. The van der Waals surface area contributed by atoms with Crippen molar-refractivity contribution in [3.8, 4) is 11.3 Å². The molecule has 128 valence electrons. The summed E-state index contributed by atoms with van der Waals surface area (Å²) in [5.41, 5.74) is 1.95. The molecule has 1 aromatic carbocycles. The lowest BCUT2D eigenvalue weighted by atomic mass is 9.98. The number of rotatable bonds is 3. The molecular formula is C18H22ClN3OS. The minimum absolute atomic E-state index is 0. The molecule has 2 fully saturated rings. The van der Waals surface area contributed by atoms with Crippen molar-refractivity contribution in [2.75, 3.05) is 7.05 Å². The number of carbonyl (C=O) groups is 1. The van der Waals surface area contributed by atoms with E-state index in [0.29, 0.717) is 18.1 Å². The molecule has 0 spiro atoms. The van der Waals surface area contributed by atoms with Gasteiger partial charge >= 0.3 is 0 Å². The molecule has 1 amide bonds. The molecule has 2 aromatic rings. The Morgan fingerprint density at radius 3 is 2.54 bits per heavy atom. The van der Waals surface area contributed by atoms with Crippen LogP contribution in [0.2, 0.25) is 0 Å². The summed E-state index contributed by atoms with van der Waals surface area (Å²) in [5.74, 6) is 0.107. The summed E-state index contributed by atoms with van der Waals surface area (Å²) in [7, 11) is 1.94. The summed E-state index contributed by atoms with van der Waals surface area (Å²) >= 11 is 1.31. The number of carbonyl (C=O) groups excluding carboxylic acids is 1. The van der Waals surface area contributed by atoms with E-state index in [1.165, 1.54) is 24.4 Å². The number of halogens is 1. The van der Waals surface area contributed by atoms with Crippen molar-refractivity contribution >= 4 is 29.8 Å². The number of fused-ring (bicyclic) bond motifs is 2. The SMILES string of the molecule is CN(C(=O)c1cc(-c2ccccc2)ns1)C1CC2CCC(C1)N2.Cl. The first-order chi connectivity index (χ1) is 11.2. The second-order valence-corrected chi connectivity index (χ2v) is 7.43. The minimum Gasteiger partial charge on any atom is -0.338 e. The van der Waals surface area contributed by atoms with E-state index in [2.05, 4.69) is 9.69 Å². The largest absolute Gasteiger partial charge is 0.338 e. The van der Waals surface area contributed by atoms with E-state index in [9.17, 15) is 4.79 Å². The Bertz CT molecular complexity index is 693. The summed E-state index contributed by atoms with van der Waals surface area (Å²) in [4.78, 5) is 15.5. The number of hydrogen-bond acceptors (Lipinski definition) is 4. The Morgan fingerprint density at radius 2 is 1.88 bits per heavy atom. The van der Waals surface area contributed by atoms with Gasteiger partial charge in [-0.3, -0.25) is 4.79 Å². The van der Waals surface area contributed by atoms with Crippen LogP contribution < -0.4 is 5.32 Å². The quantitative estimate of drug-likeness (QED) is 0.906. The Morgan fingerprint density at radius 1 is 1.21 bits per heavy atom. The van der Waals surface area contributed by atoms with Crippen molar-refractivity contribution in [3.05, 3.63) is 41.3 Å². The second-order valence-electron chi connectivity index (χ2n) is 6.62. The summed E-state index contributed by atoms with van der Waals surface area (Å²) < 4.78 is 4.46. The van der Waals surface area contributed by atoms with Crippen molar-refractivity contribution in [1.82, 2.24) is 14.6 Å². The normalized spacial score (nSPS) is 25.1. The van der Waals surface area contributed by atoms with Crippen LogP contribution in [0.3, 0.4) is 0 Å². The van der Waals surface area contributed by atoms with Gasteiger partial charge in [0.1, 0.15) is 4.88 Å². The molecule has 6 heteroatoms. The average molecular weight is 364 g/mol. The maximum Gasteiger partial charge on any atom is 0.265 e. The molecule has 4 rings (SSSR count). The van der Waals surface area contributed by atoms with Gasteiger partial charge < -0.3 is 10.2 Å². The first-order valence-corrected chi connectivity index (χ1v) is 9.03. The molecule has 2 bridgehead atoms. The third kappa shape index (κ3) is 3.34. The molecule has 1 aromatic heterocycles. The minimum atomic E-state index is 0. The van der Waals surface area contributed by atoms with Crippen molar-refractivity contribution < 1.29 is 4.79 Å². The van der Waals surface area contributed by atoms with Crippen molar-refractivity contribution in [1.29, 1.82) is 0 Å². The van der Waals surface area contributed by atoms with Crippen molar-refractivity contribution in [2.24, 2.45) is 0 Å². The number of benzene rings is 1. The molecule has 2 atom stereocenters. The molecule has 24 heavy (non-hydrogen) atoms. The number of aromatic nitrogens is 1. The van der Waals surface area contributed by atoms with E-state index in [4.69, 9.17) is 0 Å². The first kappa shape index (κ1) is 17.4. The Labute approximate surface area is 152 Å². The molecule has 2 aliphatic rings. The van der Waals surface area contributed by atoms with Gasteiger partial charge in [0, 0.05) is 30.7 Å². The lowest BCUT2D eigenvalue weighted by molar-refractivity contribution is 0.0686. The van der Waals surface area contributed by atoms with Crippen LogP contribution in [0.5, 0.6) is 0 Å². The van der Waals surface area contributed by atoms with E-state index < -0.39 is 0 Å². The summed E-state index contributed by atoms with van der Waals surface area (Å²) in [5, 5.41) is 3.63. The van der Waals surface area contributed by atoms with Gasteiger partial charge in [0.25, 0.3) is 5.91 Å². The molecular weight excluding hydrogens is 342 g/mol. The van der Waals surface area contributed by atoms with Gasteiger partial charge in [0.05, 0.1) is 5.69 Å². The number of hydrogen-bond donors (Lipinski definition) is 1. The van der Waals surface area contributed by atoms with Crippen molar-refractivity contribution in [2.45, 2.75) is 43.8 Å². The van der Waals surface area contributed by atoms with Crippen LogP contribution in [-0.2, 0) is 0 Å². The molecule has 2 aliphatic heterocycles. The summed E-state index contributed by atoms with van der Waals surface area (Å²) in [6.07, 6.45) is 4.65. The highest BCUT2D eigenvalue weighted by molar-refractivity contribution is 7.08. The zero-order chi connectivity index (χ0) is 15.8. The Kier molecular flexibility index (Phi) is 5.23. The zero-order valence-corrected chi connectivity index (χ0v) is 15.3. The number of piperidine rings is 1. The van der Waals surface area contributed by atoms with E-state index >= 15 is 0 Å². The van der Waals surface area contributed by atoms with E-state index in [1.807, 2.05) is 48.3 Å². The van der Waals surface area contributed by atoms with Crippen molar-refractivity contribution in [3.63, 3.8) is 0 Å². The molecule has 0 saturated carbocycles. The van der Waals surface area contributed by atoms with Gasteiger partial charge in [-0.15, -0.1) is 12.4 Å².